The van der Waals surface area contributed by atoms with Crippen molar-refractivity contribution in [3.8, 4) is 11.8 Å². The van der Waals surface area contributed by atoms with Crippen LogP contribution in [0.4, 0.5) is 0 Å². The summed E-state index contributed by atoms with van der Waals surface area (Å²) in [6.07, 6.45) is 17.1. The molecule has 0 unspecified atom stereocenters. The molecule has 4 nitrogen and oxygen atoms in total. The Morgan fingerprint density at radius 3 is 1.69 bits per heavy atom. The van der Waals surface area contributed by atoms with Crippen molar-refractivity contribution in [3.05, 3.63) is 0 Å². The molecule has 0 amide bonds. The van der Waals surface area contributed by atoms with Gasteiger partial charge in [0, 0.05) is 6.42 Å². The Morgan fingerprint density at radius 1 is 0.769 bits per heavy atom. The number of hydrogen-bond donors (Lipinski definition) is 2. The van der Waals surface area contributed by atoms with Crippen molar-refractivity contribution in [2.45, 2.75) is 116 Å². The standard InChI is InChI=1S/C21H40O4S/c1-2-3-18-21(22)19-16-14-12-10-8-6-4-5-7-9-11-13-15-17-20-26(23,24)25/h21-22H,2-15,17-18,20H2,1H3,(H,23,24,25)/t21-/m0/s1. The van der Waals surface area contributed by atoms with Crippen LogP contribution in [-0.4, -0.2) is 29.9 Å². The van der Waals surface area contributed by atoms with Crippen molar-refractivity contribution in [2.75, 3.05) is 5.75 Å². The maximum atomic E-state index is 10.6. The highest BCUT2D eigenvalue weighted by Crippen LogP contribution is 2.12. The van der Waals surface area contributed by atoms with Crippen LogP contribution in [0, 0.1) is 11.8 Å². The summed E-state index contributed by atoms with van der Waals surface area (Å²) in [5, 5.41) is 9.61. The van der Waals surface area contributed by atoms with Crippen LogP contribution in [0.15, 0.2) is 0 Å². The van der Waals surface area contributed by atoms with Crippen molar-refractivity contribution in [3.63, 3.8) is 0 Å². The minimum absolute atomic E-state index is 0.0992. The number of unbranched alkanes of at least 4 members (excludes halogenated alkanes) is 13. The average Bonchev–Trinajstić information content (AvgIpc) is 2.58. The van der Waals surface area contributed by atoms with E-state index in [0.29, 0.717) is 6.42 Å². The first-order valence-electron chi connectivity index (χ1n) is 10.6. The highest BCUT2D eigenvalue weighted by molar-refractivity contribution is 7.85. The second-order valence-corrected chi connectivity index (χ2v) is 8.83. The zero-order valence-corrected chi connectivity index (χ0v) is 17.5. The monoisotopic (exact) mass is 388 g/mol. The zero-order chi connectivity index (χ0) is 19.5. The minimum atomic E-state index is -3.77. The Balaban J connectivity index is 3.21. The molecule has 0 aliphatic carbocycles. The van der Waals surface area contributed by atoms with Gasteiger partial charge < -0.3 is 5.11 Å². The quantitative estimate of drug-likeness (QED) is 0.196. The van der Waals surface area contributed by atoms with Crippen LogP contribution in [0.5, 0.6) is 0 Å². The van der Waals surface area contributed by atoms with E-state index in [1.807, 2.05) is 0 Å². The first kappa shape index (κ1) is 25.4. The molecular formula is C21H40O4S. The fraction of sp³-hybridized carbons (Fsp3) is 0.905. The molecule has 0 saturated carbocycles. The molecular weight excluding hydrogens is 348 g/mol. The average molecular weight is 389 g/mol. The molecule has 0 radical (unpaired) electrons. The Bertz CT molecular complexity index is 462. The maximum absolute atomic E-state index is 10.6. The normalized spacial score (nSPS) is 12.6. The molecule has 0 saturated heterocycles. The molecule has 0 aliphatic rings. The highest BCUT2D eigenvalue weighted by atomic mass is 32.2. The molecule has 0 bridgehead atoms. The second kappa shape index (κ2) is 17.8. The van der Waals surface area contributed by atoms with Gasteiger partial charge in [-0.3, -0.25) is 4.55 Å². The van der Waals surface area contributed by atoms with Crippen LogP contribution >= 0.6 is 0 Å². The van der Waals surface area contributed by atoms with E-state index >= 15 is 0 Å². The van der Waals surface area contributed by atoms with Gasteiger partial charge in [0.2, 0.25) is 0 Å². The number of hydrogen-bond acceptors (Lipinski definition) is 3. The van der Waals surface area contributed by atoms with Crippen LogP contribution in [-0.2, 0) is 10.1 Å². The molecule has 5 heteroatoms. The summed E-state index contributed by atoms with van der Waals surface area (Å²) in [5.74, 6) is 5.93. The lowest BCUT2D eigenvalue weighted by atomic mass is 10.0. The lowest BCUT2D eigenvalue weighted by Gasteiger charge is -2.02. The Kier molecular flexibility index (Phi) is 17.4. The predicted molar refractivity (Wildman–Crippen MR) is 110 cm³/mol. The molecule has 0 aromatic carbocycles. The summed E-state index contributed by atoms with van der Waals surface area (Å²) >= 11 is 0. The van der Waals surface area contributed by atoms with E-state index < -0.39 is 16.2 Å². The summed E-state index contributed by atoms with van der Waals surface area (Å²) in [7, 11) is -3.77. The SMILES string of the molecule is CCCC[C@H](O)C#CCCCCCCCCCCCCCCS(=O)(=O)O. The molecule has 0 aliphatic heterocycles. The van der Waals surface area contributed by atoms with E-state index in [-0.39, 0.29) is 5.75 Å². The molecule has 1 atom stereocenters. The van der Waals surface area contributed by atoms with Gasteiger partial charge in [0.1, 0.15) is 6.10 Å². The highest BCUT2D eigenvalue weighted by Gasteiger charge is 2.02. The first-order valence-corrected chi connectivity index (χ1v) is 12.2. The third-order valence-corrected chi connectivity index (χ3v) is 5.36. The van der Waals surface area contributed by atoms with Crippen molar-refractivity contribution < 1.29 is 18.1 Å². The van der Waals surface area contributed by atoms with E-state index in [2.05, 4.69) is 18.8 Å². The Hall–Kier alpha value is -0.570. The van der Waals surface area contributed by atoms with Crippen molar-refractivity contribution in [1.82, 2.24) is 0 Å². The van der Waals surface area contributed by atoms with E-state index in [1.165, 1.54) is 44.9 Å². The molecule has 154 valence electrons. The van der Waals surface area contributed by atoms with Gasteiger partial charge in [0.25, 0.3) is 10.1 Å². The molecule has 0 fully saturated rings. The first-order chi connectivity index (χ1) is 12.5. The zero-order valence-electron chi connectivity index (χ0n) is 16.7. The van der Waals surface area contributed by atoms with Crippen LogP contribution in [0.2, 0.25) is 0 Å². The Labute approximate surface area is 161 Å². The smallest absolute Gasteiger partial charge is 0.264 e. The van der Waals surface area contributed by atoms with Crippen molar-refractivity contribution in [1.29, 1.82) is 0 Å². The molecule has 0 spiro atoms. The van der Waals surface area contributed by atoms with Gasteiger partial charge in [0.05, 0.1) is 5.75 Å². The fourth-order valence-corrected chi connectivity index (χ4v) is 3.49. The third kappa shape index (κ3) is 21.5. The largest absolute Gasteiger partial charge is 0.380 e. The van der Waals surface area contributed by atoms with Crippen LogP contribution < -0.4 is 0 Å². The van der Waals surface area contributed by atoms with Gasteiger partial charge in [-0.15, -0.1) is 5.92 Å². The van der Waals surface area contributed by atoms with E-state index in [0.717, 1.165) is 51.4 Å². The van der Waals surface area contributed by atoms with Crippen molar-refractivity contribution in [2.24, 2.45) is 0 Å². The summed E-state index contributed by atoms with van der Waals surface area (Å²) in [4.78, 5) is 0. The minimum Gasteiger partial charge on any atom is -0.380 e. The van der Waals surface area contributed by atoms with Gasteiger partial charge in [-0.1, -0.05) is 89.9 Å². The van der Waals surface area contributed by atoms with Gasteiger partial charge >= 0.3 is 0 Å². The number of rotatable bonds is 17. The Morgan fingerprint density at radius 2 is 1.23 bits per heavy atom. The summed E-state index contributed by atoms with van der Waals surface area (Å²) in [6, 6.07) is 0. The summed E-state index contributed by atoms with van der Waals surface area (Å²) in [6.45, 7) is 2.12. The lowest BCUT2D eigenvalue weighted by Crippen LogP contribution is -2.03. The van der Waals surface area contributed by atoms with E-state index in [1.54, 1.807) is 0 Å². The number of aliphatic hydroxyl groups excluding tert-OH is 1. The van der Waals surface area contributed by atoms with Gasteiger partial charge in [-0.2, -0.15) is 8.42 Å². The van der Waals surface area contributed by atoms with Crippen molar-refractivity contribution >= 4 is 10.1 Å². The van der Waals surface area contributed by atoms with Crippen LogP contribution in [0.3, 0.4) is 0 Å². The molecule has 2 N–H and O–H groups in total. The molecule has 0 heterocycles. The fourth-order valence-electron chi connectivity index (χ4n) is 2.93. The van der Waals surface area contributed by atoms with Gasteiger partial charge in [-0.25, -0.2) is 0 Å². The van der Waals surface area contributed by atoms with Gasteiger partial charge in [-0.05, 0) is 19.3 Å². The van der Waals surface area contributed by atoms with E-state index in [4.69, 9.17) is 4.55 Å². The lowest BCUT2D eigenvalue weighted by molar-refractivity contribution is 0.218. The number of aliphatic hydroxyl groups is 1. The van der Waals surface area contributed by atoms with Crippen LogP contribution in [0.25, 0.3) is 0 Å². The topological polar surface area (TPSA) is 74.6 Å². The van der Waals surface area contributed by atoms with Gasteiger partial charge in [0.15, 0.2) is 0 Å². The maximum Gasteiger partial charge on any atom is 0.264 e. The molecule has 0 aromatic rings. The molecule has 0 aromatic heterocycles. The molecule has 26 heavy (non-hydrogen) atoms. The summed E-state index contributed by atoms with van der Waals surface area (Å²) in [5.41, 5.74) is 0. The predicted octanol–water partition coefficient (Wildman–Crippen LogP) is 5.50. The third-order valence-electron chi connectivity index (χ3n) is 4.55. The molecule has 0 rings (SSSR count). The summed E-state index contributed by atoms with van der Waals surface area (Å²) < 4.78 is 29.8. The second-order valence-electron chi connectivity index (χ2n) is 7.26. The van der Waals surface area contributed by atoms with Crippen LogP contribution in [0.1, 0.15) is 110 Å². The van der Waals surface area contributed by atoms with E-state index in [9.17, 15) is 13.5 Å².